The van der Waals surface area contributed by atoms with Crippen molar-refractivity contribution in [1.82, 2.24) is 0 Å². The van der Waals surface area contributed by atoms with Crippen LogP contribution in [-0.2, 0) is 10.2 Å². The number of carboxylic acid groups (broad SMARTS) is 1. The lowest BCUT2D eigenvalue weighted by molar-refractivity contribution is -0.269. The maximum absolute atomic E-state index is 13.2. The molecule has 2 N–H and O–H groups in total. The van der Waals surface area contributed by atoms with Gasteiger partial charge in [-0.1, -0.05) is 29.8 Å². The number of halogens is 4. The van der Waals surface area contributed by atoms with Gasteiger partial charge in [-0.2, -0.15) is 13.2 Å². The van der Waals surface area contributed by atoms with Gasteiger partial charge < -0.3 is 14.9 Å². The highest BCUT2D eigenvalue weighted by molar-refractivity contribution is 9.10. The van der Waals surface area contributed by atoms with Gasteiger partial charge in [0.25, 0.3) is 0 Å². The van der Waals surface area contributed by atoms with Gasteiger partial charge in [0.1, 0.15) is 5.75 Å². The third-order valence-corrected chi connectivity index (χ3v) is 4.09. The average Bonchev–Trinajstić information content (AvgIpc) is 2.35. The van der Waals surface area contributed by atoms with E-state index in [1.165, 1.54) is 21.0 Å². The fourth-order valence-electron chi connectivity index (χ4n) is 2.55. The summed E-state index contributed by atoms with van der Waals surface area (Å²) in [6, 6.07) is 4.85. The van der Waals surface area contributed by atoms with Crippen molar-refractivity contribution >= 4 is 21.9 Å². The molecule has 130 valence electrons. The minimum atomic E-state index is -5.07. The molecule has 4 nitrogen and oxygen atoms in total. The molecule has 0 saturated carbocycles. The van der Waals surface area contributed by atoms with E-state index in [0.29, 0.717) is 15.8 Å². The summed E-state index contributed by atoms with van der Waals surface area (Å²) in [5.74, 6) is -1.36. The molecule has 0 aliphatic heterocycles. The Balaban J connectivity index is 3.31. The van der Waals surface area contributed by atoms with Gasteiger partial charge in [-0.25, -0.2) is 0 Å². The van der Waals surface area contributed by atoms with E-state index < -0.39 is 36.0 Å². The van der Waals surface area contributed by atoms with E-state index in [1.54, 1.807) is 18.2 Å². The number of alkyl halides is 3. The van der Waals surface area contributed by atoms with Gasteiger partial charge in [0.2, 0.25) is 0 Å². The molecular weight excluding hydrogens is 381 g/mol. The van der Waals surface area contributed by atoms with Crippen LogP contribution in [0.3, 0.4) is 0 Å². The summed E-state index contributed by atoms with van der Waals surface area (Å²) in [5.41, 5.74) is -4.09. The van der Waals surface area contributed by atoms with E-state index in [2.05, 4.69) is 15.9 Å². The second-order valence-corrected chi connectivity index (χ2v) is 6.92. The lowest BCUT2D eigenvalue weighted by Crippen LogP contribution is -2.50. The van der Waals surface area contributed by atoms with Crippen LogP contribution in [0, 0.1) is 0 Å². The monoisotopic (exact) mass is 398 g/mol. The number of rotatable bonds is 6. The van der Waals surface area contributed by atoms with E-state index in [9.17, 15) is 23.1 Å². The Morgan fingerprint density at radius 1 is 1.30 bits per heavy atom. The minimum Gasteiger partial charge on any atom is -0.496 e. The normalized spacial score (nSPS) is 15.1. The van der Waals surface area contributed by atoms with Gasteiger partial charge in [0.05, 0.1) is 13.5 Å². The molecule has 0 amide bonds. The lowest BCUT2D eigenvalue weighted by Gasteiger charge is -2.37. The Bertz CT molecular complexity index is 587. The van der Waals surface area contributed by atoms with Gasteiger partial charge in [-0.15, -0.1) is 0 Å². The molecule has 0 heterocycles. The number of hydrogen-bond acceptors (Lipinski definition) is 3. The number of ether oxygens (including phenoxy) is 1. The SMILES string of the molecule is COc1ccc(Br)cc1C(C)(C)CC(O)(CC(=O)O)C(F)(F)F. The van der Waals surface area contributed by atoms with E-state index in [0.717, 1.165) is 0 Å². The first-order valence-corrected chi connectivity index (χ1v) is 7.46. The largest absolute Gasteiger partial charge is 0.496 e. The van der Waals surface area contributed by atoms with Crippen LogP contribution in [0.2, 0.25) is 0 Å². The van der Waals surface area contributed by atoms with E-state index in [1.807, 2.05) is 0 Å². The molecule has 0 spiro atoms. The number of aliphatic carboxylic acids is 1. The standard InChI is InChI=1S/C15H18BrF3O4/c1-13(2,10-6-9(16)4-5-11(10)23-3)8-14(22,7-12(20)21)15(17,18)19/h4-6,22H,7-8H2,1-3H3,(H,20,21). The van der Waals surface area contributed by atoms with Crippen molar-refractivity contribution in [2.45, 2.75) is 43.9 Å². The van der Waals surface area contributed by atoms with Crippen molar-refractivity contribution in [2.24, 2.45) is 0 Å². The number of carboxylic acids is 1. The van der Waals surface area contributed by atoms with Gasteiger partial charge >= 0.3 is 12.1 Å². The molecule has 0 bridgehead atoms. The predicted octanol–water partition coefficient (Wildman–Crippen LogP) is 3.89. The summed E-state index contributed by atoms with van der Waals surface area (Å²) < 4.78 is 45.5. The summed E-state index contributed by atoms with van der Waals surface area (Å²) in [7, 11) is 1.38. The van der Waals surface area contributed by atoms with Gasteiger partial charge in [-0.05, 0) is 30.0 Å². The van der Waals surface area contributed by atoms with Gasteiger partial charge in [0.15, 0.2) is 5.60 Å². The van der Waals surface area contributed by atoms with Crippen LogP contribution < -0.4 is 4.74 Å². The first-order valence-electron chi connectivity index (χ1n) is 6.67. The number of benzene rings is 1. The second-order valence-electron chi connectivity index (χ2n) is 6.01. The molecule has 0 aromatic heterocycles. The first-order chi connectivity index (χ1) is 10.3. The second kappa shape index (κ2) is 6.68. The third-order valence-electron chi connectivity index (χ3n) is 3.60. The quantitative estimate of drug-likeness (QED) is 0.762. The highest BCUT2D eigenvalue weighted by Gasteiger charge is 2.57. The zero-order chi connectivity index (χ0) is 18.1. The van der Waals surface area contributed by atoms with Gasteiger partial charge in [0, 0.05) is 10.0 Å². The predicted molar refractivity (Wildman–Crippen MR) is 81.6 cm³/mol. The van der Waals surface area contributed by atoms with Crippen molar-refractivity contribution in [3.8, 4) is 5.75 Å². The molecule has 0 saturated heterocycles. The molecule has 1 atom stereocenters. The van der Waals surface area contributed by atoms with Crippen LogP contribution >= 0.6 is 15.9 Å². The number of carbonyl (C=O) groups is 1. The van der Waals surface area contributed by atoms with Crippen molar-refractivity contribution < 1.29 is 32.9 Å². The summed E-state index contributed by atoms with van der Waals surface area (Å²) in [6.45, 7) is 2.99. The molecule has 8 heteroatoms. The average molecular weight is 399 g/mol. The zero-order valence-electron chi connectivity index (χ0n) is 12.9. The van der Waals surface area contributed by atoms with Crippen LogP contribution in [0.25, 0.3) is 0 Å². The number of hydrogen-bond donors (Lipinski definition) is 2. The Morgan fingerprint density at radius 3 is 2.30 bits per heavy atom. The number of methoxy groups -OCH3 is 1. The number of aliphatic hydroxyl groups is 1. The van der Waals surface area contributed by atoms with E-state index in [-0.39, 0.29) is 0 Å². The highest BCUT2D eigenvalue weighted by atomic mass is 79.9. The highest BCUT2D eigenvalue weighted by Crippen LogP contribution is 2.45. The molecule has 1 rings (SSSR count). The van der Waals surface area contributed by atoms with Crippen LogP contribution in [0.1, 0.15) is 32.3 Å². The Labute approximate surface area is 140 Å². The van der Waals surface area contributed by atoms with Crippen LogP contribution in [-0.4, -0.2) is 35.1 Å². The summed E-state index contributed by atoms with van der Waals surface area (Å²) in [5, 5.41) is 18.7. The van der Waals surface area contributed by atoms with Crippen molar-refractivity contribution in [1.29, 1.82) is 0 Å². The summed E-state index contributed by atoms with van der Waals surface area (Å²) in [4.78, 5) is 10.8. The van der Waals surface area contributed by atoms with Crippen LogP contribution in [0.15, 0.2) is 22.7 Å². The van der Waals surface area contributed by atoms with Gasteiger partial charge in [-0.3, -0.25) is 4.79 Å². The van der Waals surface area contributed by atoms with E-state index in [4.69, 9.17) is 9.84 Å². The Kier molecular flexibility index (Phi) is 5.74. The molecule has 0 fully saturated rings. The molecule has 1 aromatic rings. The van der Waals surface area contributed by atoms with E-state index >= 15 is 0 Å². The smallest absolute Gasteiger partial charge is 0.417 e. The zero-order valence-corrected chi connectivity index (χ0v) is 14.5. The molecular formula is C15H18BrF3O4. The lowest BCUT2D eigenvalue weighted by atomic mass is 9.73. The fraction of sp³-hybridized carbons (Fsp3) is 0.533. The summed E-state index contributed by atoms with van der Waals surface area (Å²) >= 11 is 3.24. The Morgan fingerprint density at radius 2 is 1.87 bits per heavy atom. The van der Waals surface area contributed by atoms with Crippen molar-refractivity contribution in [3.05, 3.63) is 28.2 Å². The first kappa shape index (κ1) is 19.8. The molecule has 0 aliphatic rings. The molecule has 23 heavy (non-hydrogen) atoms. The van der Waals surface area contributed by atoms with Crippen LogP contribution in [0.4, 0.5) is 13.2 Å². The van der Waals surface area contributed by atoms with Crippen molar-refractivity contribution in [2.75, 3.05) is 7.11 Å². The maximum atomic E-state index is 13.2. The third kappa shape index (κ3) is 4.60. The molecule has 1 unspecified atom stereocenters. The molecule has 1 aromatic carbocycles. The molecule has 0 aliphatic carbocycles. The Hall–Kier alpha value is -1.28. The van der Waals surface area contributed by atoms with Crippen molar-refractivity contribution in [3.63, 3.8) is 0 Å². The topological polar surface area (TPSA) is 66.8 Å². The van der Waals surface area contributed by atoms with Crippen LogP contribution in [0.5, 0.6) is 5.75 Å². The maximum Gasteiger partial charge on any atom is 0.417 e. The minimum absolute atomic E-state index is 0.359. The fourth-order valence-corrected chi connectivity index (χ4v) is 2.91. The molecule has 0 radical (unpaired) electrons. The summed E-state index contributed by atoms with van der Waals surface area (Å²) in [6.07, 6.45) is -7.30.